The van der Waals surface area contributed by atoms with Gasteiger partial charge >= 0.3 is 0 Å². The number of aryl methyl sites for hydroxylation is 2. The summed E-state index contributed by atoms with van der Waals surface area (Å²) < 4.78 is 24.3. The van der Waals surface area contributed by atoms with E-state index in [1.165, 1.54) is 0 Å². The van der Waals surface area contributed by atoms with Gasteiger partial charge in [-0.15, -0.1) is 0 Å². The van der Waals surface area contributed by atoms with Crippen molar-refractivity contribution in [2.45, 2.75) is 44.6 Å². The quantitative estimate of drug-likeness (QED) is 0.877. The van der Waals surface area contributed by atoms with E-state index in [1.807, 2.05) is 32.9 Å². The summed E-state index contributed by atoms with van der Waals surface area (Å²) in [6, 6.07) is 5.59. The number of sulfone groups is 1. The number of benzene rings is 1. The fraction of sp³-hybridized carbons (Fsp3) is 0.538. The van der Waals surface area contributed by atoms with E-state index >= 15 is 0 Å². The van der Waals surface area contributed by atoms with Crippen molar-refractivity contribution in [2.75, 3.05) is 5.75 Å². The molecule has 1 rings (SSSR count). The summed E-state index contributed by atoms with van der Waals surface area (Å²) in [6.45, 7) is 5.63. The van der Waals surface area contributed by atoms with Crippen LogP contribution in [0.2, 0.25) is 0 Å². The number of hydrogen-bond donors (Lipinski definition) is 1. The van der Waals surface area contributed by atoms with Gasteiger partial charge in [-0.25, -0.2) is 8.42 Å². The minimum Gasteiger partial charge on any atom is -0.328 e. The Hall–Kier alpha value is -0.870. The first-order chi connectivity index (χ1) is 7.83. The molecule has 3 nitrogen and oxygen atoms in total. The molecule has 1 unspecified atom stereocenters. The molecule has 0 saturated carbocycles. The van der Waals surface area contributed by atoms with Crippen LogP contribution in [0.15, 0.2) is 23.1 Å². The molecule has 0 bridgehead atoms. The van der Waals surface area contributed by atoms with Crippen molar-refractivity contribution in [1.29, 1.82) is 0 Å². The van der Waals surface area contributed by atoms with E-state index in [9.17, 15) is 8.42 Å². The summed E-state index contributed by atoms with van der Waals surface area (Å²) in [5.41, 5.74) is 7.41. The molecular formula is C13H21NO2S. The molecule has 17 heavy (non-hydrogen) atoms. The van der Waals surface area contributed by atoms with Gasteiger partial charge in [0.25, 0.3) is 0 Å². The third-order valence-corrected chi connectivity index (χ3v) is 4.69. The predicted molar refractivity (Wildman–Crippen MR) is 70.9 cm³/mol. The monoisotopic (exact) mass is 255 g/mol. The molecule has 96 valence electrons. The molecule has 0 aliphatic rings. The molecule has 0 radical (unpaired) electrons. The Morgan fingerprint density at radius 3 is 2.53 bits per heavy atom. The molecule has 0 aliphatic heterocycles. The molecule has 0 heterocycles. The lowest BCUT2D eigenvalue weighted by molar-refractivity contribution is 0.584. The molecule has 0 saturated heterocycles. The Morgan fingerprint density at radius 2 is 1.94 bits per heavy atom. The lowest BCUT2D eigenvalue weighted by Gasteiger charge is -2.09. The van der Waals surface area contributed by atoms with Gasteiger partial charge in [0.2, 0.25) is 0 Å². The van der Waals surface area contributed by atoms with E-state index in [1.54, 1.807) is 6.07 Å². The molecule has 2 N–H and O–H groups in total. The van der Waals surface area contributed by atoms with Crippen LogP contribution in [0.4, 0.5) is 0 Å². The Kier molecular flexibility index (Phi) is 4.71. The fourth-order valence-corrected chi connectivity index (χ4v) is 3.44. The molecule has 1 atom stereocenters. The smallest absolute Gasteiger partial charge is 0.178 e. The third-order valence-electron chi connectivity index (χ3n) is 2.75. The van der Waals surface area contributed by atoms with E-state index in [-0.39, 0.29) is 11.8 Å². The molecule has 0 amide bonds. The minimum absolute atomic E-state index is 0.0591. The van der Waals surface area contributed by atoms with Crippen LogP contribution in [0.5, 0.6) is 0 Å². The largest absolute Gasteiger partial charge is 0.328 e. The highest BCUT2D eigenvalue weighted by molar-refractivity contribution is 7.91. The van der Waals surface area contributed by atoms with Gasteiger partial charge in [-0.3, -0.25) is 0 Å². The normalized spacial score (nSPS) is 13.6. The first-order valence-electron chi connectivity index (χ1n) is 5.88. The standard InChI is InChI=1S/C13H21NO2S/c1-10-6-7-11(2)13(9-10)17(15,16)8-4-5-12(3)14/h6-7,9,12H,4-5,8,14H2,1-3H3. The lowest BCUT2D eigenvalue weighted by atomic mass is 10.2. The maximum Gasteiger partial charge on any atom is 0.178 e. The van der Waals surface area contributed by atoms with Crippen LogP contribution in [0.3, 0.4) is 0 Å². The molecule has 1 aromatic carbocycles. The molecule has 0 aliphatic carbocycles. The summed E-state index contributed by atoms with van der Waals surface area (Å²) in [4.78, 5) is 0.460. The van der Waals surface area contributed by atoms with E-state index in [0.29, 0.717) is 11.3 Å². The maximum atomic E-state index is 12.1. The maximum absolute atomic E-state index is 12.1. The van der Waals surface area contributed by atoms with Crippen molar-refractivity contribution in [3.8, 4) is 0 Å². The molecule has 0 aromatic heterocycles. The van der Waals surface area contributed by atoms with Gasteiger partial charge < -0.3 is 5.73 Å². The Bertz CT molecular complexity index is 478. The highest BCUT2D eigenvalue weighted by Gasteiger charge is 2.16. The molecule has 0 fully saturated rings. The summed E-state index contributed by atoms with van der Waals surface area (Å²) >= 11 is 0. The van der Waals surface area contributed by atoms with Gasteiger partial charge in [0, 0.05) is 6.04 Å². The van der Waals surface area contributed by atoms with Crippen molar-refractivity contribution in [1.82, 2.24) is 0 Å². The first kappa shape index (κ1) is 14.2. The van der Waals surface area contributed by atoms with Crippen LogP contribution in [0.1, 0.15) is 30.9 Å². The zero-order valence-electron chi connectivity index (χ0n) is 10.7. The highest BCUT2D eigenvalue weighted by atomic mass is 32.2. The van der Waals surface area contributed by atoms with E-state index in [4.69, 9.17) is 5.73 Å². The zero-order chi connectivity index (χ0) is 13.1. The van der Waals surface area contributed by atoms with Crippen LogP contribution in [0.25, 0.3) is 0 Å². The predicted octanol–water partition coefficient (Wildman–Crippen LogP) is 2.20. The van der Waals surface area contributed by atoms with Crippen LogP contribution < -0.4 is 5.73 Å². The second-order valence-corrected chi connectivity index (χ2v) is 6.78. The van der Waals surface area contributed by atoms with Gasteiger partial charge in [-0.05, 0) is 50.8 Å². The van der Waals surface area contributed by atoms with Crippen molar-refractivity contribution in [3.63, 3.8) is 0 Å². The Labute approximate surface area is 104 Å². The first-order valence-corrected chi connectivity index (χ1v) is 7.54. The number of rotatable bonds is 5. The number of nitrogens with two attached hydrogens (primary N) is 1. The minimum atomic E-state index is -3.16. The van der Waals surface area contributed by atoms with Gasteiger partial charge in [-0.2, -0.15) is 0 Å². The average Bonchev–Trinajstić information content (AvgIpc) is 2.20. The summed E-state index contributed by atoms with van der Waals surface area (Å²) in [5.74, 6) is 0.179. The summed E-state index contributed by atoms with van der Waals surface area (Å²) in [7, 11) is -3.16. The van der Waals surface area contributed by atoms with Gasteiger partial charge in [0.15, 0.2) is 9.84 Å². The SMILES string of the molecule is Cc1ccc(C)c(S(=O)(=O)CCCC(C)N)c1. The Morgan fingerprint density at radius 1 is 1.29 bits per heavy atom. The van der Waals surface area contributed by atoms with Crippen molar-refractivity contribution in [2.24, 2.45) is 5.73 Å². The van der Waals surface area contributed by atoms with Crippen LogP contribution >= 0.6 is 0 Å². The fourth-order valence-electron chi connectivity index (χ4n) is 1.75. The van der Waals surface area contributed by atoms with Crippen LogP contribution in [-0.4, -0.2) is 20.2 Å². The molecule has 1 aromatic rings. The van der Waals surface area contributed by atoms with Crippen LogP contribution in [0, 0.1) is 13.8 Å². The summed E-state index contributed by atoms with van der Waals surface area (Å²) in [5, 5.41) is 0. The van der Waals surface area contributed by atoms with Crippen molar-refractivity contribution >= 4 is 9.84 Å². The van der Waals surface area contributed by atoms with E-state index in [0.717, 1.165) is 17.5 Å². The highest BCUT2D eigenvalue weighted by Crippen LogP contribution is 2.19. The van der Waals surface area contributed by atoms with Gasteiger partial charge in [0.05, 0.1) is 10.6 Å². The second-order valence-electron chi connectivity index (χ2n) is 4.71. The molecular weight excluding hydrogens is 234 g/mol. The third kappa shape index (κ3) is 4.13. The zero-order valence-corrected chi connectivity index (χ0v) is 11.5. The van der Waals surface area contributed by atoms with E-state index in [2.05, 4.69) is 0 Å². The second kappa shape index (κ2) is 5.65. The number of hydrogen-bond acceptors (Lipinski definition) is 3. The Balaban J connectivity index is 2.86. The lowest BCUT2D eigenvalue weighted by Crippen LogP contribution is -2.17. The van der Waals surface area contributed by atoms with Gasteiger partial charge in [-0.1, -0.05) is 12.1 Å². The molecule has 4 heteroatoms. The van der Waals surface area contributed by atoms with Gasteiger partial charge in [0.1, 0.15) is 0 Å². The van der Waals surface area contributed by atoms with Crippen molar-refractivity contribution < 1.29 is 8.42 Å². The average molecular weight is 255 g/mol. The topological polar surface area (TPSA) is 60.2 Å². The van der Waals surface area contributed by atoms with E-state index < -0.39 is 9.84 Å². The van der Waals surface area contributed by atoms with Crippen molar-refractivity contribution in [3.05, 3.63) is 29.3 Å². The molecule has 0 spiro atoms. The summed E-state index contributed by atoms with van der Waals surface area (Å²) in [6.07, 6.45) is 1.36. The van der Waals surface area contributed by atoms with Crippen LogP contribution in [-0.2, 0) is 9.84 Å².